The van der Waals surface area contributed by atoms with E-state index in [0.29, 0.717) is 0 Å². The van der Waals surface area contributed by atoms with E-state index in [-0.39, 0.29) is 0 Å². The number of benzene rings is 1. The molecule has 0 fully saturated rings. The highest BCUT2D eigenvalue weighted by Gasteiger charge is 2.12. The van der Waals surface area contributed by atoms with Crippen molar-refractivity contribution in [3.63, 3.8) is 0 Å². The summed E-state index contributed by atoms with van der Waals surface area (Å²) in [6, 6.07) is 4.46. The van der Waals surface area contributed by atoms with Crippen LogP contribution in [0.25, 0.3) is 0 Å². The summed E-state index contributed by atoms with van der Waals surface area (Å²) in [5, 5.41) is 0. The zero-order valence-electron chi connectivity index (χ0n) is 13.8. The lowest BCUT2D eigenvalue weighted by atomic mass is 9.95. The first-order chi connectivity index (χ1) is 10.3. The monoisotopic (exact) mass is 289 g/mol. The maximum Gasteiger partial charge on any atom is 0.423 e. The van der Waals surface area contributed by atoms with E-state index in [1.165, 1.54) is 29.5 Å². The predicted molar refractivity (Wildman–Crippen MR) is 88.6 cm³/mol. The summed E-state index contributed by atoms with van der Waals surface area (Å²) in [5.74, 6) is 0.771. The quantitative estimate of drug-likeness (QED) is 0.562. The Labute approximate surface area is 129 Å². The van der Waals surface area contributed by atoms with Crippen LogP contribution in [0.5, 0.6) is 5.75 Å². The lowest BCUT2D eigenvalue weighted by molar-refractivity contribution is 0.435. The van der Waals surface area contributed by atoms with Crippen LogP contribution in [0.1, 0.15) is 76.0 Å². The minimum atomic E-state index is 0.771. The number of ether oxygens (including phenoxy) is 1. The van der Waals surface area contributed by atoms with Gasteiger partial charge in [-0.15, -0.1) is 0 Å². The van der Waals surface area contributed by atoms with Crippen LogP contribution in [-0.2, 0) is 24.1 Å². The molecule has 0 saturated carbocycles. The van der Waals surface area contributed by atoms with Crippen LogP contribution in [0, 0.1) is 0 Å². The maximum absolute atomic E-state index is 10.7. The summed E-state index contributed by atoms with van der Waals surface area (Å²) >= 11 is 0. The van der Waals surface area contributed by atoms with Gasteiger partial charge in [-0.25, -0.2) is 4.79 Å². The highest BCUT2D eigenvalue weighted by atomic mass is 16.5. The molecule has 0 heterocycles. The van der Waals surface area contributed by atoms with Crippen LogP contribution >= 0.6 is 0 Å². The molecule has 1 aromatic carbocycles. The molecule has 1 rings (SSSR count). The molecule has 0 bridgehead atoms. The Balaban J connectivity index is 3.10. The van der Waals surface area contributed by atoms with Gasteiger partial charge in [0.25, 0.3) is 0 Å². The molecule has 0 N–H and O–H groups in total. The zero-order chi connectivity index (χ0) is 15.5. The van der Waals surface area contributed by atoms with Crippen molar-refractivity contribution in [3.8, 4) is 5.75 Å². The van der Waals surface area contributed by atoms with E-state index < -0.39 is 0 Å². The van der Waals surface area contributed by atoms with Gasteiger partial charge in [0, 0.05) is 0 Å². The van der Waals surface area contributed by atoms with Gasteiger partial charge in [0.05, 0.1) is 0 Å². The summed E-state index contributed by atoms with van der Waals surface area (Å²) in [7, 11) is 0. The van der Waals surface area contributed by atoms with Gasteiger partial charge in [0.2, 0.25) is 0 Å². The maximum atomic E-state index is 10.7. The van der Waals surface area contributed by atoms with Crippen LogP contribution in [0.2, 0.25) is 0 Å². The third-order valence-corrected chi connectivity index (χ3v) is 3.86. The van der Waals surface area contributed by atoms with Crippen LogP contribution in [0.3, 0.4) is 0 Å². The Kier molecular flexibility index (Phi) is 8.80. The molecule has 21 heavy (non-hydrogen) atoms. The fourth-order valence-corrected chi connectivity index (χ4v) is 2.63. The highest BCUT2D eigenvalue weighted by Crippen LogP contribution is 2.29. The largest absolute Gasteiger partial charge is 0.423 e. The first kappa shape index (κ1) is 17.7. The molecule has 0 aliphatic carbocycles. The second-order valence-corrected chi connectivity index (χ2v) is 5.74. The number of unbranched alkanes of at least 4 members (excludes halogenated alkanes) is 3. The molecule has 2 nitrogen and oxygen atoms in total. The second-order valence-electron chi connectivity index (χ2n) is 5.74. The van der Waals surface area contributed by atoms with Gasteiger partial charge in [0.15, 0.2) is 0 Å². The highest BCUT2D eigenvalue weighted by molar-refractivity contribution is 5.53. The number of carbonyl (C=O) groups excluding carboxylic acids is 1. The van der Waals surface area contributed by atoms with Crippen LogP contribution < -0.4 is 4.74 Å². The molecular weight excluding hydrogens is 260 g/mol. The van der Waals surface area contributed by atoms with Crippen molar-refractivity contribution in [2.75, 3.05) is 0 Å². The lowest BCUT2D eigenvalue weighted by Gasteiger charge is -2.15. The second kappa shape index (κ2) is 10.4. The standard InChI is InChI=1S/C19H29O2/c1-4-7-10-16-13-17(11-8-5-2)19(21-15-20)18(14-16)12-9-6-3/h13-14H,4-12H2,1-3H3. The molecule has 2 heteroatoms. The Bertz CT molecular complexity index is 395. The fraction of sp³-hybridized carbons (Fsp3) is 0.632. The van der Waals surface area contributed by atoms with Crippen molar-refractivity contribution < 1.29 is 9.53 Å². The van der Waals surface area contributed by atoms with Gasteiger partial charge >= 0.3 is 6.47 Å². The number of hydrogen-bond donors (Lipinski definition) is 0. The van der Waals surface area contributed by atoms with E-state index in [1.54, 1.807) is 6.47 Å². The van der Waals surface area contributed by atoms with E-state index in [9.17, 15) is 4.79 Å². The van der Waals surface area contributed by atoms with E-state index in [1.807, 2.05) is 0 Å². The molecule has 0 aliphatic heterocycles. The minimum Gasteiger partial charge on any atom is -0.418 e. The van der Waals surface area contributed by atoms with Crippen molar-refractivity contribution >= 4 is 6.47 Å². The van der Waals surface area contributed by atoms with Gasteiger partial charge in [-0.05, 0) is 55.2 Å². The first-order valence-corrected chi connectivity index (χ1v) is 8.45. The molecule has 0 amide bonds. The summed E-state index contributed by atoms with van der Waals surface area (Å²) in [5.41, 5.74) is 3.74. The number of rotatable bonds is 11. The molecule has 1 aromatic rings. The fourth-order valence-electron chi connectivity index (χ4n) is 2.63. The normalized spacial score (nSPS) is 10.6. The van der Waals surface area contributed by atoms with E-state index in [4.69, 9.17) is 4.74 Å². The molecule has 0 saturated heterocycles. The number of hydrogen-bond acceptors (Lipinski definition) is 2. The third kappa shape index (κ3) is 5.91. The zero-order valence-corrected chi connectivity index (χ0v) is 13.8. The molecule has 0 aliphatic rings. The summed E-state index contributed by atoms with van der Waals surface area (Å²) < 4.78 is 5.22. The van der Waals surface area contributed by atoms with Gasteiger partial charge < -0.3 is 4.74 Å². The Hall–Kier alpha value is -1.31. The van der Waals surface area contributed by atoms with Crippen molar-refractivity contribution in [2.24, 2.45) is 0 Å². The molecule has 0 atom stereocenters. The Morgan fingerprint density at radius 2 is 1.33 bits per heavy atom. The van der Waals surface area contributed by atoms with Crippen molar-refractivity contribution in [1.29, 1.82) is 0 Å². The third-order valence-electron chi connectivity index (χ3n) is 3.86. The molecule has 117 valence electrons. The first-order valence-electron chi connectivity index (χ1n) is 8.45. The summed E-state index contributed by atoms with van der Waals surface area (Å²) in [6.45, 7) is 8.22. The van der Waals surface area contributed by atoms with Crippen LogP contribution in [-0.4, -0.2) is 6.47 Å². The van der Waals surface area contributed by atoms with Crippen LogP contribution in [0.15, 0.2) is 12.1 Å². The van der Waals surface area contributed by atoms with Crippen molar-refractivity contribution in [3.05, 3.63) is 28.8 Å². The molecular formula is C19H29O2. The predicted octanol–water partition coefficient (Wildman–Crippen LogP) is 5.16. The minimum absolute atomic E-state index is 0.771. The van der Waals surface area contributed by atoms with Gasteiger partial charge in [-0.1, -0.05) is 52.2 Å². The average Bonchev–Trinajstić information content (AvgIpc) is 2.50. The molecule has 0 aromatic heterocycles. The topological polar surface area (TPSA) is 26.3 Å². The van der Waals surface area contributed by atoms with Gasteiger partial charge in [-0.3, -0.25) is 0 Å². The van der Waals surface area contributed by atoms with E-state index >= 15 is 0 Å². The Morgan fingerprint density at radius 1 is 0.857 bits per heavy atom. The van der Waals surface area contributed by atoms with E-state index in [2.05, 4.69) is 32.9 Å². The van der Waals surface area contributed by atoms with Crippen molar-refractivity contribution in [2.45, 2.75) is 78.6 Å². The lowest BCUT2D eigenvalue weighted by Crippen LogP contribution is -2.03. The molecule has 0 spiro atoms. The average molecular weight is 289 g/mol. The number of aryl methyl sites for hydroxylation is 3. The van der Waals surface area contributed by atoms with Gasteiger partial charge in [0.1, 0.15) is 5.75 Å². The molecule has 0 unspecified atom stereocenters. The van der Waals surface area contributed by atoms with Crippen LogP contribution in [0.4, 0.5) is 0 Å². The summed E-state index contributed by atoms with van der Waals surface area (Å²) in [4.78, 5) is 10.7. The smallest absolute Gasteiger partial charge is 0.418 e. The SMILES string of the molecule is CCCCc1cc(CCCC)c(O[C]=O)c(CCCC)c1. The molecule has 1 radical (unpaired) electrons. The van der Waals surface area contributed by atoms with E-state index in [0.717, 1.165) is 50.7 Å². The van der Waals surface area contributed by atoms with Gasteiger partial charge in [-0.2, -0.15) is 0 Å². The summed E-state index contributed by atoms with van der Waals surface area (Å²) in [6.07, 6.45) is 10.0. The Morgan fingerprint density at radius 3 is 1.76 bits per heavy atom. The van der Waals surface area contributed by atoms with Crippen molar-refractivity contribution in [1.82, 2.24) is 0 Å².